The molecule has 2 heterocycles. The molecule has 5 nitrogen and oxygen atoms in total. The first-order valence-corrected chi connectivity index (χ1v) is 9.18. The predicted octanol–water partition coefficient (Wildman–Crippen LogP) is 3.90. The molecule has 0 saturated carbocycles. The van der Waals surface area contributed by atoms with E-state index >= 15 is 0 Å². The van der Waals surface area contributed by atoms with Crippen molar-refractivity contribution >= 4 is 42.7 Å². The van der Waals surface area contributed by atoms with Crippen molar-refractivity contribution in [2.45, 2.75) is 38.9 Å². The number of esters is 1. The van der Waals surface area contributed by atoms with Gasteiger partial charge in [0.25, 0.3) is 0 Å². The first-order valence-electron chi connectivity index (χ1n) is 8.55. The molecule has 0 unspecified atom stereocenters. The van der Waals surface area contributed by atoms with Crippen LogP contribution >= 0.6 is 12.6 Å². The molecule has 2 aromatic rings. The number of benzene rings is 1. The lowest BCUT2D eigenvalue weighted by molar-refractivity contribution is 0.00578. The highest BCUT2D eigenvalue weighted by molar-refractivity contribution is 7.80. The molecule has 1 saturated heterocycles. The second kappa shape index (κ2) is 6.80. The smallest absolute Gasteiger partial charge is 0.464 e. The third-order valence-corrected chi connectivity index (χ3v) is 5.51. The fraction of sp³-hybridized carbons (Fsp3) is 0.421. The summed E-state index contributed by atoms with van der Waals surface area (Å²) in [6.45, 7) is 8.12. The standard InChI is InChI=1S/C19H24BNO4S/c1-18(2)19(3,4)25-20(24-18)14(11-26)8-12-6-7-13-10-16(17(22)23-5)21-15(13)9-12/h6-10,21,26H,11H2,1-5H3. The van der Waals surface area contributed by atoms with Gasteiger partial charge in [0.05, 0.1) is 18.3 Å². The Balaban J connectivity index is 1.91. The minimum atomic E-state index is -0.428. The number of aromatic nitrogens is 1. The van der Waals surface area contributed by atoms with Gasteiger partial charge in [0.2, 0.25) is 0 Å². The third-order valence-electron chi connectivity index (χ3n) is 5.14. The zero-order chi connectivity index (χ0) is 19.1. The highest BCUT2D eigenvalue weighted by atomic mass is 32.1. The second-order valence-corrected chi connectivity index (χ2v) is 7.80. The first kappa shape index (κ1) is 19.1. The van der Waals surface area contributed by atoms with Crippen molar-refractivity contribution in [1.82, 2.24) is 4.98 Å². The van der Waals surface area contributed by atoms with E-state index < -0.39 is 18.3 Å². The molecular weight excluding hydrogens is 349 g/mol. The van der Waals surface area contributed by atoms with E-state index in [-0.39, 0.29) is 5.97 Å². The topological polar surface area (TPSA) is 60.6 Å². The van der Waals surface area contributed by atoms with E-state index in [9.17, 15) is 4.79 Å². The number of H-pyrrole nitrogens is 1. The summed E-state index contributed by atoms with van der Waals surface area (Å²) in [6.07, 6.45) is 2.02. The van der Waals surface area contributed by atoms with Gasteiger partial charge >= 0.3 is 13.1 Å². The summed E-state index contributed by atoms with van der Waals surface area (Å²) in [5.74, 6) is 0.138. The molecule has 0 spiro atoms. The van der Waals surface area contributed by atoms with Crippen LogP contribution in [0.2, 0.25) is 0 Å². The molecule has 0 atom stereocenters. The Morgan fingerprint density at radius 2 is 1.88 bits per heavy atom. The van der Waals surface area contributed by atoms with Crippen molar-refractivity contribution < 1.29 is 18.8 Å². The summed E-state index contributed by atoms with van der Waals surface area (Å²) < 4.78 is 17.0. The number of carbonyl (C=O) groups excluding carboxylic acids is 1. The van der Waals surface area contributed by atoms with Crippen LogP contribution in [0.5, 0.6) is 0 Å². The quantitative estimate of drug-likeness (QED) is 0.485. The van der Waals surface area contributed by atoms with Gasteiger partial charge in [-0.15, -0.1) is 0 Å². The number of carbonyl (C=O) groups is 1. The summed E-state index contributed by atoms with van der Waals surface area (Å²) in [5.41, 5.74) is 2.45. The highest BCUT2D eigenvalue weighted by Gasteiger charge is 2.52. The number of rotatable bonds is 4. The molecular formula is C19H24BNO4S. The number of ether oxygens (including phenoxy) is 1. The van der Waals surface area contributed by atoms with Gasteiger partial charge in [-0.1, -0.05) is 18.2 Å². The number of hydrogen-bond acceptors (Lipinski definition) is 5. The molecule has 26 heavy (non-hydrogen) atoms. The van der Waals surface area contributed by atoms with E-state index in [0.29, 0.717) is 11.4 Å². The lowest BCUT2D eigenvalue weighted by atomic mass is 9.78. The van der Waals surface area contributed by atoms with E-state index in [0.717, 1.165) is 21.9 Å². The van der Waals surface area contributed by atoms with Crippen molar-refractivity contribution in [3.8, 4) is 0 Å². The van der Waals surface area contributed by atoms with E-state index in [1.54, 1.807) is 6.07 Å². The number of nitrogens with one attached hydrogen (secondary N) is 1. The van der Waals surface area contributed by atoms with Gasteiger partial charge in [-0.3, -0.25) is 0 Å². The molecule has 0 amide bonds. The molecule has 1 aromatic carbocycles. The van der Waals surface area contributed by atoms with Crippen LogP contribution < -0.4 is 0 Å². The average Bonchev–Trinajstić information content (AvgIpc) is 3.09. The van der Waals surface area contributed by atoms with Crippen LogP contribution in [0.4, 0.5) is 0 Å². The highest BCUT2D eigenvalue weighted by Crippen LogP contribution is 2.39. The Labute approximate surface area is 159 Å². The van der Waals surface area contributed by atoms with E-state index in [1.165, 1.54) is 7.11 Å². The number of fused-ring (bicyclic) bond motifs is 1. The minimum Gasteiger partial charge on any atom is -0.464 e. The molecule has 3 rings (SSSR count). The first-order chi connectivity index (χ1) is 12.2. The predicted molar refractivity (Wildman–Crippen MR) is 108 cm³/mol. The van der Waals surface area contributed by atoms with Crippen LogP contribution in [0.15, 0.2) is 29.7 Å². The SMILES string of the molecule is COC(=O)c1cc2ccc(C=C(CS)B3OC(C)(C)C(C)(C)O3)cc2[nH]1. The van der Waals surface area contributed by atoms with E-state index in [4.69, 9.17) is 14.0 Å². The molecule has 0 aliphatic carbocycles. The normalized spacial score (nSPS) is 19.2. The Morgan fingerprint density at radius 1 is 1.23 bits per heavy atom. The Bertz CT molecular complexity index is 856. The van der Waals surface area contributed by atoms with Crippen LogP contribution in [0.1, 0.15) is 43.7 Å². The van der Waals surface area contributed by atoms with Crippen molar-refractivity contribution in [3.05, 3.63) is 41.0 Å². The molecule has 1 fully saturated rings. The maximum Gasteiger partial charge on any atom is 0.491 e. The summed E-state index contributed by atoms with van der Waals surface area (Å²) in [4.78, 5) is 14.8. The maximum atomic E-state index is 11.7. The van der Waals surface area contributed by atoms with Gasteiger partial charge < -0.3 is 19.0 Å². The van der Waals surface area contributed by atoms with Gasteiger partial charge in [-0.05, 0) is 50.9 Å². The summed E-state index contributed by atoms with van der Waals surface area (Å²) in [7, 11) is 0.938. The van der Waals surface area contributed by atoms with Gasteiger partial charge in [0.1, 0.15) is 5.69 Å². The van der Waals surface area contributed by atoms with E-state index in [2.05, 4.69) is 17.6 Å². The van der Waals surface area contributed by atoms with Crippen molar-refractivity contribution in [2.75, 3.05) is 12.9 Å². The maximum absolute atomic E-state index is 11.7. The zero-order valence-corrected chi connectivity index (χ0v) is 16.6. The zero-order valence-electron chi connectivity index (χ0n) is 15.8. The molecule has 1 aliphatic heterocycles. The van der Waals surface area contributed by atoms with Crippen LogP contribution in [-0.4, -0.2) is 42.1 Å². The van der Waals surface area contributed by atoms with Crippen LogP contribution in [-0.2, 0) is 14.0 Å². The fourth-order valence-corrected chi connectivity index (χ4v) is 3.09. The Kier molecular flexibility index (Phi) is 4.99. The molecule has 0 bridgehead atoms. The lowest BCUT2D eigenvalue weighted by Gasteiger charge is -2.32. The van der Waals surface area contributed by atoms with Gasteiger partial charge in [-0.25, -0.2) is 4.79 Å². The molecule has 0 radical (unpaired) electrons. The minimum absolute atomic E-state index is 0.383. The molecule has 1 aliphatic rings. The van der Waals surface area contributed by atoms with E-state index in [1.807, 2.05) is 52.0 Å². The van der Waals surface area contributed by atoms with Gasteiger partial charge in [-0.2, -0.15) is 12.6 Å². The third kappa shape index (κ3) is 3.43. The Hall–Kier alpha value is -1.70. The Morgan fingerprint density at radius 3 is 2.46 bits per heavy atom. The van der Waals surface area contributed by atoms with Gasteiger partial charge in [0.15, 0.2) is 0 Å². The molecule has 7 heteroatoms. The fourth-order valence-electron chi connectivity index (χ4n) is 2.85. The monoisotopic (exact) mass is 373 g/mol. The van der Waals surface area contributed by atoms with Crippen LogP contribution in [0, 0.1) is 0 Å². The summed E-state index contributed by atoms with van der Waals surface area (Å²) in [5, 5.41) is 0.950. The number of thiol groups is 1. The largest absolute Gasteiger partial charge is 0.491 e. The van der Waals surface area contributed by atoms with Crippen LogP contribution in [0.3, 0.4) is 0 Å². The lowest BCUT2D eigenvalue weighted by Crippen LogP contribution is -2.41. The number of methoxy groups -OCH3 is 1. The van der Waals surface area contributed by atoms with Crippen LogP contribution in [0.25, 0.3) is 17.0 Å². The average molecular weight is 373 g/mol. The van der Waals surface area contributed by atoms with Gasteiger partial charge in [0, 0.05) is 16.7 Å². The molecule has 138 valence electrons. The number of hydrogen-bond donors (Lipinski definition) is 2. The molecule has 1 N–H and O–H groups in total. The van der Waals surface area contributed by atoms with Crippen molar-refractivity contribution in [1.29, 1.82) is 0 Å². The van der Waals surface area contributed by atoms with Crippen molar-refractivity contribution in [2.24, 2.45) is 0 Å². The second-order valence-electron chi connectivity index (χ2n) is 7.49. The molecule has 1 aromatic heterocycles. The number of aromatic amines is 1. The summed E-state index contributed by atoms with van der Waals surface area (Å²) >= 11 is 4.45. The van der Waals surface area contributed by atoms with Crippen molar-refractivity contribution in [3.63, 3.8) is 0 Å². The summed E-state index contributed by atoms with van der Waals surface area (Å²) in [6, 6.07) is 7.72.